The smallest absolute Gasteiger partial charge is 1.00 e. The normalized spacial score (nSPS) is 6.36. The third-order valence-electron chi connectivity index (χ3n) is 0. The van der Waals surface area contributed by atoms with Crippen LogP contribution in [0.15, 0.2) is 0 Å². The predicted octanol–water partition coefficient (Wildman–Crippen LogP) is -6.01. The minimum Gasteiger partial charge on any atom is -1.00 e. The molecule has 0 fully saturated rings. The molecule has 0 bridgehead atoms. The average molecular weight is 334 g/mol. The molecule has 2 nitrogen and oxygen atoms in total. The summed E-state index contributed by atoms with van der Waals surface area (Å²) in [6.07, 6.45) is 6.56. The average Bonchev–Trinajstić information content (AvgIpc) is 1.25. The van der Waals surface area contributed by atoms with Gasteiger partial charge < -0.3 is 24.8 Å². The summed E-state index contributed by atoms with van der Waals surface area (Å²) in [5.41, 5.74) is 0. The molecule has 0 saturated carbocycles. The Balaban J connectivity index is -0.0000000171. The Kier molecular flexibility index (Phi) is 60.2. The Hall–Kier alpha value is 1.54. The largest absolute Gasteiger partial charge is 2.00 e. The first kappa shape index (κ1) is 29.4. The second-order valence-corrected chi connectivity index (χ2v) is 4.45. The van der Waals surface area contributed by atoms with Gasteiger partial charge in [0, 0.05) is 46.6 Å². The van der Waals surface area contributed by atoms with Gasteiger partial charge in [0.05, 0.1) is 0 Å². The summed E-state index contributed by atoms with van der Waals surface area (Å²) in [6.45, 7) is 0. The molecule has 0 saturated heterocycles. The van der Waals surface area contributed by atoms with Crippen LogP contribution in [-0.4, -0.2) is 33.4 Å². The van der Waals surface area contributed by atoms with Gasteiger partial charge in [0.15, 0.2) is 0 Å². The summed E-state index contributed by atoms with van der Waals surface area (Å²) in [6, 6.07) is 0. The molecule has 0 aromatic rings. The zero-order chi connectivity index (χ0) is 7.15. The standard InChI is InChI=1S/2C2H6OS.2ClH.Pd/c2*1-4(2)3;;;/h2*1-2H3;2*1H;/q;;;;+2/p-2. The van der Waals surface area contributed by atoms with Crippen molar-refractivity contribution in [3.8, 4) is 0 Å². The zero-order valence-corrected chi connectivity index (χ0v) is 11.4. The van der Waals surface area contributed by atoms with Gasteiger partial charge in [-0.3, -0.25) is 8.42 Å². The molecule has 0 spiro atoms. The molecule has 0 radical (unpaired) electrons. The van der Waals surface area contributed by atoms with Crippen molar-refractivity contribution in [2.75, 3.05) is 25.0 Å². The van der Waals surface area contributed by atoms with E-state index in [9.17, 15) is 8.42 Å². The van der Waals surface area contributed by atoms with Crippen LogP contribution in [0.2, 0.25) is 0 Å². The van der Waals surface area contributed by atoms with Crippen LogP contribution in [0, 0.1) is 0 Å². The molecule has 0 aliphatic rings. The van der Waals surface area contributed by atoms with Crippen LogP contribution in [-0.2, 0) is 42.0 Å². The van der Waals surface area contributed by atoms with Gasteiger partial charge in [-0.1, -0.05) is 0 Å². The summed E-state index contributed by atoms with van der Waals surface area (Å²) < 4.78 is 19.1. The molecule has 11 heavy (non-hydrogen) atoms. The van der Waals surface area contributed by atoms with Gasteiger partial charge in [-0.25, -0.2) is 0 Å². The van der Waals surface area contributed by atoms with Crippen LogP contribution in [0.3, 0.4) is 0 Å². The van der Waals surface area contributed by atoms with E-state index in [1.807, 2.05) is 0 Å². The molecule has 0 N–H and O–H groups in total. The molecule has 0 heterocycles. The van der Waals surface area contributed by atoms with Crippen molar-refractivity contribution in [3.63, 3.8) is 0 Å². The van der Waals surface area contributed by atoms with Crippen molar-refractivity contribution in [3.05, 3.63) is 0 Å². The summed E-state index contributed by atoms with van der Waals surface area (Å²) in [4.78, 5) is 0. The van der Waals surface area contributed by atoms with Gasteiger partial charge in [0.1, 0.15) is 0 Å². The first-order valence-corrected chi connectivity index (χ1v) is 5.90. The van der Waals surface area contributed by atoms with Gasteiger partial charge in [0.2, 0.25) is 0 Å². The van der Waals surface area contributed by atoms with E-state index >= 15 is 0 Å². The van der Waals surface area contributed by atoms with Crippen molar-refractivity contribution >= 4 is 21.6 Å². The van der Waals surface area contributed by atoms with Gasteiger partial charge >= 0.3 is 20.4 Å². The van der Waals surface area contributed by atoms with Crippen LogP contribution in [0.25, 0.3) is 0 Å². The summed E-state index contributed by atoms with van der Waals surface area (Å²) in [7, 11) is -1.22. The van der Waals surface area contributed by atoms with Gasteiger partial charge in [-0.15, -0.1) is 0 Å². The van der Waals surface area contributed by atoms with E-state index in [-0.39, 0.29) is 45.2 Å². The van der Waals surface area contributed by atoms with E-state index in [4.69, 9.17) is 0 Å². The molecule has 0 atom stereocenters. The van der Waals surface area contributed by atoms with Gasteiger partial charge in [0.25, 0.3) is 0 Å². The van der Waals surface area contributed by atoms with Gasteiger partial charge in [-0.05, 0) is 0 Å². The number of rotatable bonds is 0. The molecule has 0 rings (SSSR count). The summed E-state index contributed by atoms with van der Waals surface area (Å²) >= 11 is 0. The van der Waals surface area contributed by atoms with Crippen molar-refractivity contribution < 1.29 is 53.7 Å². The van der Waals surface area contributed by atoms with E-state index < -0.39 is 21.6 Å². The fraction of sp³-hybridized carbons (Fsp3) is 1.00. The number of hydrogen-bond acceptors (Lipinski definition) is 2. The fourth-order valence-electron chi connectivity index (χ4n) is 0. The van der Waals surface area contributed by atoms with Crippen molar-refractivity contribution in [2.45, 2.75) is 0 Å². The maximum atomic E-state index is 9.56. The predicted molar refractivity (Wildman–Crippen MR) is 40.0 cm³/mol. The van der Waals surface area contributed by atoms with Crippen molar-refractivity contribution in [2.24, 2.45) is 0 Å². The zero-order valence-electron chi connectivity index (χ0n) is 6.71. The van der Waals surface area contributed by atoms with E-state index in [1.165, 1.54) is 0 Å². The van der Waals surface area contributed by atoms with Crippen molar-refractivity contribution in [1.82, 2.24) is 0 Å². The first-order chi connectivity index (χ1) is 3.46. The Morgan fingerprint density at radius 1 is 0.727 bits per heavy atom. The Labute approximate surface area is 99.7 Å². The Morgan fingerprint density at radius 3 is 0.727 bits per heavy atom. The van der Waals surface area contributed by atoms with Crippen LogP contribution in [0.1, 0.15) is 0 Å². The maximum absolute atomic E-state index is 9.56. The van der Waals surface area contributed by atoms with E-state index in [0.717, 1.165) is 0 Å². The third kappa shape index (κ3) is 442. The second kappa shape index (κ2) is 22.6. The summed E-state index contributed by atoms with van der Waals surface area (Å²) in [5.74, 6) is 0. The molecule has 0 unspecified atom stereocenters. The molecule has 0 aliphatic heterocycles. The quantitative estimate of drug-likeness (QED) is 0.414. The minimum atomic E-state index is -0.611. The topological polar surface area (TPSA) is 34.1 Å². The number of hydrogen-bond donors (Lipinski definition) is 0. The third-order valence-corrected chi connectivity index (χ3v) is 0. The SMILES string of the molecule is CS(C)=O.CS(C)=O.[Cl-].[Cl-].[Pd+2]. The second-order valence-electron chi connectivity index (χ2n) is 1.48. The monoisotopic (exact) mass is 332 g/mol. The van der Waals surface area contributed by atoms with Crippen LogP contribution in [0.5, 0.6) is 0 Å². The number of halogens is 2. The van der Waals surface area contributed by atoms with Gasteiger partial charge in [-0.2, -0.15) is 0 Å². The Morgan fingerprint density at radius 2 is 0.727 bits per heavy atom. The first-order valence-electron chi connectivity index (χ1n) is 1.97. The van der Waals surface area contributed by atoms with E-state index in [2.05, 4.69) is 0 Å². The molecule has 0 aliphatic carbocycles. The molecular weight excluding hydrogens is 322 g/mol. The summed E-state index contributed by atoms with van der Waals surface area (Å²) in [5, 5.41) is 0. The maximum Gasteiger partial charge on any atom is 2.00 e. The minimum absolute atomic E-state index is 0. The molecule has 0 aromatic carbocycles. The molecule has 7 heteroatoms. The Bertz CT molecular complexity index is 82.1. The van der Waals surface area contributed by atoms with Crippen LogP contribution >= 0.6 is 0 Å². The fourth-order valence-corrected chi connectivity index (χ4v) is 0. The van der Waals surface area contributed by atoms with Crippen LogP contribution in [0.4, 0.5) is 0 Å². The van der Waals surface area contributed by atoms with Crippen molar-refractivity contribution in [1.29, 1.82) is 0 Å². The molecular formula is C4H12Cl2O2PdS2. The molecule has 0 aromatic heterocycles. The van der Waals surface area contributed by atoms with E-state index in [0.29, 0.717) is 0 Å². The van der Waals surface area contributed by atoms with Crippen LogP contribution < -0.4 is 24.8 Å². The molecule has 76 valence electrons. The molecule has 0 amide bonds. The van der Waals surface area contributed by atoms with E-state index in [1.54, 1.807) is 25.0 Å².